The molecule has 0 aliphatic carbocycles. The second-order valence-corrected chi connectivity index (χ2v) is 4.70. The highest BCUT2D eigenvalue weighted by Crippen LogP contribution is 2.36. The molecule has 0 saturated heterocycles. The standard InChI is InChI=1S/C14H18N2O3/c1-2-3-4-14-15-10-7-12-13(19-9-18-12)8-11(10)16(14)5-6-17/h7-8,17H,2-6,9H2,1H3. The average Bonchev–Trinajstić information content (AvgIpc) is 2.99. The predicted octanol–water partition coefficient (Wildman–Crippen LogP) is 2.10. The van der Waals surface area contributed by atoms with Gasteiger partial charge in [-0.2, -0.15) is 0 Å². The van der Waals surface area contributed by atoms with Gasteiger partial charge in [-0.3, -0.25) is 0 Å². The number of imidazole rings is 1. The summed E-state index contributed by atoms with van der Waals surface area (Å²) in [7, 11) is 0. The van der Waals surface area contributed by atoms with Gasteiger partial charge in [-0.05, 0) is 6.42 Å². The van der Waals surface area contributed by atoms with Crippen LogP contribution in [0.3, 0.4) is 0 Å². The van der Waals surface area contributed by atoms with Crippen LogP contribution in [0.15, 0.2) is 12.1 Å². The molecule has 19 heavy (non-hydrogen) atoms. The van der Waals surface area contributed by atoms with Gasteiger partial charge in [0.1, 0.15) is 5.82 Å². The van der Waals surface area contributed by atoms with E-state index in [1.165, 1.54) is 0 Å². The summed E-state index contributed by atoms with van der Waals surface area (Å²) in [5, 5.41) is 9.24. The SMILES string of the molecule is CCCCc1nc2cc3c(cc2n1CCO)OCO3. The van der Waals surface area contributed by atoms with Crippen LogP contribution in [0.2, 0.25) is 0 Å². The van der Waals surface area contributed by atoms with Gasteiger partial charge in [0.15, 0.2) is 11.5 Å². The highest BCUT2D eigenvalue weighted by molar-refractivity contribution is 5.81. The molecule has 0 radical (unpaired) electrons. The number of aryl methyl sites for hydroxylation is 1. The van der Waals surface area contributed by atoms with Crippen LogP contribution in [-0.2, 0) is 13.0 Å². The van der Waals surface area contributed by atoms with Crippen molar-refractivity contribution in [3.05, 3.63) is 18.0 Å². The maximum Gasteiger partial charge on any atom is 0.231 e. The number of ether oxygens (including phenoxy) is 2. The van der Waals surface area contributed by atoms with Gasteiger partial charge in [-0.15, -0.1) is 0 Å². The molecule has 0 atom stereocenters. The number of fused-ring (bicyclic) bond motifs is 2. The molecule has 2 aromatic rings. The zero-order valence-corrected chi connectivity index (χ0v) is 11.1. The van der Waals surface area contributed by atoms with Crippen LogP contribution in [0.4, 0.5) is 0 Å². The van der Waals surface area contributed by atoms with Crippen LogP contribution < -0.4 is 9.47 Å². The summed E-state index contributed by atoms with van der Waals surface area (Å²) in [4.78, 5) is 4.66. The lowest BCUT2D eigenvalue weighted by Gasteiger charge is -2.07. The van der Waals surface area contributed by atoms with Gasteiger partial charge in [-0.1, -0.05) is 13.3 Å². The minimum atomic E-state index is 0.110. The lowest BCUT2D eigenvalue weighted by Crippen LogP contribution is -2.07. The third-order valence-corrected chi connectivity index (χ3v) is 3.40. The van der Waals surface area contributed by atoms with Crippen molar-refractivity contribution in [2.45, 2.75) is 32.7 Å². The highest BCUT2D eigenvalue weighted by atomic mass is 16.7. The topological polar surface area (TPSA) is 56.5 Å². The zero-order chi connectivity index (χ0) is 13.2. The van der Waals surface area contributed by atoms with E-state index in [9.17, 15) is 5.11 Å². The maximum atomic E-state index is 9.24. The zero-order valence-electron chi connectivity index (χ0n) is 11.1. The van der Waals surface area contributed by atoms with Gasteiger partial charge in [0.2, 0.25) is 6.79 Å². The number of benzene rings is 1. The number of aliphatic hydroxyl groups is 1. The van der Waals surface area contributed by atoms with Crippen LogP contribution in [-0.4, -0.2) is 28.1 Å². The van der Waals surface area contributed by atoms with E-state index in [0.29, 0.717) is 6.54 Å². The Morgan fingerprint density at radius 2 is 2.11 bits per heavy atom. The van der Waals surface area contributed by atoms with Crippen molar-refractivity contribution in [3.63, 3.8) is 0 Å². The Balaban J connectivity index is 2.08. The average molecular weight is 262 g/mol. The summed E-state index contributed by atoms with van der Waals surface area (Å²) < 4.78 is 12.9. The first kappa shape index (κ1) is 12.3. The molecule has 5 nitrogen and oxygen atoms in total. The molecule has 102 valence electrons. The third-order valence-electron chi connectivity index (χ3n) is 3.40. The smallest absolute Gasteiger partial charge is 0.231 e. The normalized spacial score (nSPS) is 13.4. The summed E-state index contributed by atoms with van der Waals surface area (Å²) in [5.74, 6) is 2.53. The van der Waals surface area contributed by atoms with E-state index in [1.54, 1.807) is 0 Å². The summed E-state index contributed by atoms with van der Waals surface area (Å²) in [6.07, 6.45) is 3.16. The summed E-state index contributed by atoms with van der Waals surface area (Å²) in [6.45, 7) is 3.11. The second kappa shape index (κ2) is 5.09. The molecule has 1 aliphatic heterocycles. The van der Waals surface area contributed by atoms with Crippen LogP contribution in [0, 0.1) is 0 Å². The van der Waals surface area contributed by atoms with Gasteiger partial charge in [0, 0.05) is 25.1 Å². The summed E-state index contributed by atoms with van der Waals surface area (Å²) >= 11 is 0. The number of hydrogen-bond acceptors (Lipinski definition) is 4. The molecule has 0 spiro atoms. The molecule has 1 aromatic carbocycles. The Labute approximate surface area is 111 Å². The molecule has 0 saturated carbocycles. The molecule has 1 aliphatic rings. The Bertz CT molecular complexity index is 592. The largest absolute Gasteiger partial charge is 0.454 e. The van der Waals surface area contributed by atoms with Crippen molar-refractivity contribution in [1.29, 1.82) is 0 Å². The molecule has 5 heteroatoms. The lowest BCUT2D eigenvalue weighted by atomic mass is 10.2. The van der Waals surface area contributed by atoms with Crippen molar-refractivity contribution in [2.75, 3.05) is 13.4 Å². The van der Waals surface area contributed by atoms with Gasteiger partial charge >= 0.3 is 0 Å². The Morgan fingerprint density at radius 1 is 1.32 bits per heavy atom. The lowest BCUT2D eigenvalue weighted by molar-refractivity contribution is 0.174. The van der Waals surface area contributed by atoms with Gasteiger partial charge in [0.05, 0.1) is 17.6 Å². The van der Waals surface area contributed by atoms with Gasteiger partial charge < -0.3 is 19.1 Å². The van der Waals surface area contributed by atoms with Gasteiger partial charge in [0.25, 0.3) is 0 Å². The van der Waals surface area contributed by atoms with Crippen molar-refractivity contribution in [3.8, 4) is 11.5 Å². The fourth-order valence-electron chi connectivity index (χ4n) is 2.44. The van der Waals surface area contributed by atoms with Crippen molar-refractivity contribution in [2.24, 2.45) is 0 Å². The molecule has 2 heterocycles. The number of rotatable bonds is 5. The highest BCUT2D eigenvalue weighted by Gasteiger charge is 2.18. The van der Waals surface area contributed by atoms with Crippen LogP contribution in [0.25, 0.3) is 11.0 Å². The quantitative estimate of drug-likeness (QED) is 0.896. The number of nitrogens with zero attached hydrogens (tertiary/aromatic N) is 2. The summed E-state index contributed by atoms with van der Waals surface area (Å²) in [6, 6.07) is 3.87. The Morgan fingerprint density at radius 3 is 2.84 bits per heavy atom. The van der Waals surface area contributed by atoms with E-state index in [0.717, 1.165) is 47.6 Å². The van der Waals surface area contributed by atoms with Crippen LogP contribution in [0.1, 0.15) is 25.6 Å². The van der Waals surface area contributed by atoms with E-state index in [2.05, 4.69) is 16.5 Å². The fourth-order valence-corrected chi connectivity index (χ4v) is 2.44. The molecule has 0 unspecified atom stereocenters. The number of aromatic nitrogens is 2. The molecular weight excluding hydrogens is 244 g/mol. The monoisotopic (exact) mass is 262 g/mol. The molecule has 0 fully saturated rings. The van der Waals surface area contributed by atoms with Crippen LogP contribution >= 0.6 is 0 Å². The molecule has 0 amide bonds. The van der Waals surface area contributed by atoms with Crippen LogP contribution in [0.5, 0.6) is 11.5 Å². The van der Waals surface area contributed by atoms with E-state index in [4.69, 9.17) is 9.47 Å². The van der Waals surface area contributed by atoms with E-state index >= 15 is 0 Å². The van der Waals surface area contributed by atoms with Crippen molar-refractivity contribution in [1.82, 2.24) is 9.55 Å². The molecule has 1 aromatic heterocycles. The second-order valence-electron chi connectivity index (χ2n) is 4.70. The third kappa shape index (κ3) is 2.14. The van der Waals surface area contributed by atoms with Crippen molar-refractivity contribution >= 4 is 11.0 Å². The predicted molar refractivity (Wildman–Crippen MR) is 71.6 cm³/mol. The summed E-state index contributed by atoms with van der Waals surface area (Å²) in [5.41, 5.74) is 1.91. The first-order chi connectivity index (χ1) is 9.33. The molecular formula is C14H18N2O3. The first-order valence-electron chi connectivity index (χ1n) is 6.73. The van der Waals surface area contributed by atoms with E-state index in [1.807, 2.05) is 12.1 Å². The maximum absolute atomic E-state index is 9.24. The molecule has 1 N–H and O–H groups in total. The fraction of sp³-hybridized carbons (Fsp3) is 0.500. The number of aliphatic hydroxyl groups excluding tert-OH is 1. The Kier molecular flexibility index (Phi) is 3.29. The van der Waals surface area contributed by atoms with E-state index in [-0.39, 0.29) is 13.4 Å². The minimum absolute atomic E-state index is 0.110. The van der Waals surface area contributed by atoms with Gasteiger partial charge in [-0.25, -0.2) is 4.98 Å². The minimum Gasteiger partial charge on any atom is -0.454 e. The van der Waals surface area contributed by atoms with Crippen molar-refractivity contribution < 1.29 is 14.6 Å². The Hall–Kier alpha value is -1.75. The number of hydrogen-bond donors (Lipinski definition) is 1. The molecule has 0 bridgehead atoms. The number of unbranched alkanes of at least 4 members (excludes halogenated alkanes) is 1. The van der Waals surface area contributed by atoms with E-state index < -0.39 is 0 Å². The molecule has 3 rings (SSSR count). The first-order valence-corrected chi connectivity index (χ1v) is 6.73.